The maximum Gasteiger partial charge on any atom is 0.326 e. The van der Waals surface area contributed by atoms with E-state index in [2.05, 4.69) is 15.5 Å². The van der Waals surface area contributed by atoms with Gasteiger partial charge in [0.15, 0.2) is 0 Å². The Labute approximate surface area is 128 Å². The molecule has 1 atom stereocenters. The minimum absolute atomic E-state index is 0.0962. The van der Waals surface area contributed by atoms with Gasteiger partial charge in [-0.1, -0.05) is 19.0 Å². The van der Waals surface area contributed by atoms with Crippen LogP contribution in [0.1, 0.15) is 20.3 Å². The van der Waals surface area contributed by atoms with Gasteiger partial charge in [-0.25, -0.2) is 4.79 Å². The quantitative estimate of drug-likeness (QED) is 0.811. The number of aliphatic carboxylic acids is 1. The largest absolute Gasteiger partial charge is 0.497 e. The van der Waals surface area contributed by atoms with Gasteiger partial charge in [0.25, 0.3) is 0 Å². The van der Waals surface area contributed by atoms with E-state index in [1.165, 1.54) is 0 Å². The molecule has 22 heavy (non-hydrogen) atoms. The number of hydrogen-bond donors (Lipinski definition) is 2. The molecule has 0 aliphatic rings. The van der Waals surface area contributed by atoms with Crippen molar-refractivity contribution in [3.63, 3.8) is 0 Å². The summed E-state index contributed by atoms with van der Waals surface area (Å²) in [7, 11) is 1.59. The second kappa shape index (κ2) is 6.93. The highest BCUT2D eigenvalue weighted by molar-refractivity contribution is 5.76. The first-order chi connectivity index (χ1) is 10.5. The molecule has 0 radical (unpaired) electrons. The third kappa shape index (κ3) is 3.97. The van der Waals surface area contributed by atoms with Crippen molar-refractivity contribution in [1.29, 1.82) is 0 Å². The summed E-state index contributed by atoms with van der Waals surface area (Å²) in [6, 6.07) is 6.52. The van der Waals surface area contributed by atoms with Crippen LogP contribution in [0.3, 0.4) is 0 Å². The number of hydrogen-bond acceptors (Lipinski definition) is 6. The van der Waals surface area contributed by atoms with Crippen LogP contribution < -0.4 is 10.1 Å². The summed E-state index contributed by atoms with van der Waals surface area (Å²) in [6.45, 7) is 3.91. The lowest BCUT2D eigenvalue weighted by molar-refractivity contribution is -0.138. The van der Waals surface area contributed by atoms with E-state index >= 15 is 0 Å². The molecule has 0 saturated heterocycles. The number of aromatic nitrogens is 2. The van der Waals surface area contributed by atoms with Crippen LogP contribution in [0.4, 0.5) is 6.01 Å². The van der Waals surface area contributed by atoms with E-state index in [0.29, 0.717) is 12.2 Å². The van der Waals surface area contributed by atoms with Crippen molar-refractivity contribution in [2.75, 3.05) is 12.4 Å². The summed E-state index contributed by atoms with van der Waals surface area (Å²) >= 11 is 0. The Morgan fingerprint density at radius 2 is 2.05 bits per heavy atom. The van der Waals surface area contributed by atoms with Gasteiger partial charge in [0.2, 0.25) is 5.82 Å². The van der Waals surface area contributed by atoms with Crippen molar-refractivity contribution in [1.82, 2.24) is 10.1 Å². The predicted octanol–water partition coefficient (Wildman–Crippen LogP) is 2.66. The molecule has 2 N–H and O–H groups in total. The predicted molar refractivity (Wildman–Crippen MR) is 80.8 cm³/mol. The highest BCUT2D eigenvalue weighted by Crippen LogP contribution is 2.21. The molecule has 0 aliphatic heterocycles. The first kappa shape index (κ1) is 15.8. The molecule has 2 rings (SSSR count). The number of carboxylic acids is 1. The molecule has 1 heterocycles. The fourth-order valence-corrected chi connectivity index (χ4v) is 1.98. The molecule has 0 fully saturated rings. The van der Waals surface area contributed by atoms with Crippen molar-refractivity contribution in [2.24, 2.45) is 5.92 Å². The lowest BCUT2D eigenvalue weighted by Gasteiger charge is -2.14. The molecular weight excluding hydrogens is 286 g/mol. The number of benzene rings is 1. The van der Waals surface area contributed by atoms with Gasteiger partial charge in [-0.2, -0.15) is 4.98 Å². The van der Waals surface area contributed by atoms with Crippen LogP contribution in [0.5, 0.6) is 5.75 Å². The highest BCUT2D eigenvalue weighted by atomic mass is 16.5. The molecule has 7 heteroatoms. The first-order valence-corrected chi connectivity index (χ1v) is 6.97. The standard InChI is InChI=1S/C15H19N3O4/c1-9(2)8-12(14(19)20)16-15-17-13(18-22-15)10-4-6-11(21-3)7-5-10/h4-7,9,12H,8H2,1-3H3,(H,19,20)(H,16,17,18). The van der Waals surface area contributed by atoms with Crippen LogP contribution in [0.2, 0.25) is 0 Å². The van der Waals surface area contributed by atoms with E-state index in [1.54, 1.807) is 31.4 Å². The molecule has 1 unspecified atom stereocenters. The third-order valence-electron chi connectivity index (χ3n) is 3.08. The van der Waals surface area contributed by atoms with Crippen LogP contribution in [-0.4, -0.2) is 34.4 Å². The minimum atomic E-state index is -0.946. The van der Waals surface area contributed by atoms with Gasteiger partial charge in [-0.15, -0.1) is 0 Å². The monoisotopic (exact) mass is 305 g/mol. The second-order valence-corrected chi connectivity index (χ2v) is 5.32. The Morgan fingerprint density at radius 3 is 2.59 bits per heavy atom. The highest BCUT2D eigenvalue weighted by Gasteiger charge is 2.21. The van der Waals surface area contributed by atoms with Crippen LogP contribution in [0.15, 0.2) is 28.8 Å². The summed E-state index contributed by atoms with van der Waals surface area (Å²) in [5, 5.41) is 15.8. The molecule has 7 nitrogen and oxygen atoms in total. The number of carbonyl (C=O) groups is 1. The fourth-order valence-electron chi connectivity index (χ4n) is 1.98. The van der Waals surface area contributed by atoms with Crippen molar-refractivity contribution in [3.05, 3.63) is 24.3 Å². The summed E-state index contributed by atoms with van der Waals surface area (Å²) < 4.78 is 10.2. The number of methoxy groups -OCH3 is 1. The molecule has 1 aromatic heterocycles. The van der Waals surface area contributed by atoms with E-state index in [0.717, 1.165) is 11.3 Å². The van der Waals surface area contributed by atoms with Gasteiger partial charge in [-0.05, 0) is 36.6 Å². The Kier molecular flexibility index (Phi) is 4.98. The Balaban J connectivity index is 2.11. The lowest BCUT2D eigenvalue weighted by atomic mass is 10.0. The van der Waals surface area contributed by atoms with E-state index < -0.39 is 12.0 Å². The Hall–Kier alpha value is -2.57. The third-order valence-corrected chi connectivity index (χ3v) is 3.08. The van der Waals surface area contributed by atoms with Gasteiger partial charge in [0, 0.05) is 5.56 Å². The topological polar surface area (TPSA) is 97.5 Å². The number of carboxylic acid groups (broad SMARTS) is 1. The van der Waals surface area contributed by atoms with Crippen LogP contribution in [-0.2, 0) is 4.79 Å². The van der Waals surface area contributed by atoms with E-state index in [4.69, 9.17) is 9.26 Å². The molecule has 1 aromatic carbocycles. The zero-order chi connectivity index (χ0) is 16.1. The molecule has 0 saturated carbocycles. The first-order valence-electron chi connectivity index (χ1n) is 6.97. The molecule has 118 valence electrons. The van der Waals surface area contributed by atoms with E-state index in [-0.39, 0.29) is 11.9 Å². The van der Waals surface area contributed by atoms with Crippen LogP contribution in [0.25, 0.3) is 11.4 Å². The zero-order valence-electron chi connectivity index (χ0n) is 12.7. The fraction of sp³-hybridized carbons (Fsp3) is 0.400. The lowest BCUT2D eigenvalue weighted by Crippen LogP contribution is -2.30. The maximum absolute atomic E-state index is 11.2. The number of ether oxygens (including phenoxy) is 1. The van der Waals surface area contributed by atoms with Crippen molar-refractivity contribution >= 4 is 12.0 Å². The maximum atomic E-state index is 11.2. The SMILES string of the molecule is COc1ccc(-c2noc(NC(CC(C)C)C(=O)O)n2)cc1. The van der Waals surface area contributed by atoms with Gasteiger partial charge >= 0.3 is 12.0 Å². The normalized spacial score (nSPS) is 12.2. The summed E-state index contributed by atoms with van der Waals surface area (Å²) in [6.07, 6.45) is 0.468. The van der Waals surface area contributed by atoms with Crippen LogP contribution >= 0.6 is 0 Å². The molecular formula is C15H19N3O4. The van der Waals surface area contributed by atoms with Crippen molar-refractivity contribution in [2.45, 2.75) is 26.3 Å². The average molecular weight is 305 g/mol. The molecule has 0 amide bonds. The van der Waals surface area contributed by atoms with Gasteiger partial charge < -0.3 is 19.7 Å². The van der Waals surface area contributed by atoms with Gasteiger partial charge in [0.05, 0.1) is 7.11 Å². The second-order valence-electron chi connectivity index (χ2n) is 5.32. The molecule has 0 spiro atoms. The van der Waals surface area contributed by atoms with Crippen LogP contribution in [0, 0.1) is 5.92 Å². The zero-order valence-corrected chi connectivity index (χ0v) is 12.7. The summed E-state index contributed by atoms with van der Waals surface area (Å²) in [4.78, 5) is 15.4. The summed E-state index contributed by atoms with van der Waals surface area (Å²) in [5.41, 5.74) is 0.758. The number of nitrogens with one attached hydrogen (secondary N) is 1. The Bertz CT molecular complexity index is 622. The summed E-state index contributed by atoms with van der Waals surface area (Å²) in [5.74, 6) is 0.405. The van der Waals surface area contributed by atoms with Gasteiger partial charge in [-0.3, -0.25) is 0 Å². The smallest absolute Gasteiger partial charge is 0.326 e. The molecule has 0 aliphatic carbocycles. The number of anilines is 1. The van der Waals surface area contributed by atoms with E-state index in [9.17, 15) is 9.90 Å². The molecule has 0 bridgehead atoms. The van der Waals surface area contributed by atoms with Crippen molar-refractivity contribution in [3.8, 4) is 17.1 Å². The number of rotatable bonds is 7. The minimum Gasteiger partial charge on any atom is -0.497 e. The van der Waals surface area contributed by atoms with Crippen molar-refractivity contribution < 1.29 is 19.2 Å². The van der Waals surface area contributed by atoms with Gasteiger partial charge in [0.1, 0.15) is 11.8 Å². The Morgan fingerprint density at radius 1 is 1.36 bits per heavy atom. The molecule has 2 aromatic rings. The van der Waals surface area contributed by atoms with E-state index in [1.807, 2.05) is 13.8 Å². The number of nitrogens with zero attached hydrogens (tertiary/aromatic N) is 2. The average Bonchev–Trinajstić information content (AvgIpc) is 2.94.